The summed E-state index contributed by atoms with van der Waals surface area (Å²) >= 11 is 0. The van der Waals surface area contributed by atoms with Crippen molar-refractivity contribution in [3.8, 4) is 5.75 Å². The van der Waals surface area contributed by atoms with Gasteiger partial charge in [0.2, 0.25) is 0 Å². The molecule has 1 saturated carbocycles. The second-order valence-corrected chi connectivity index (χ2v) is 4.99. The molecule has 18 heavy (non-hydrogen) atoms. The first-order valence-corrected chi connectivity index (χ1v) is 6.30. The smallest absolute Gasteiger partial charge is 0.314 e. The number of carboxylic acid groups (broad SMARTS) is 1. The van der Waals surface area contributed by atoms with Crippen LogP contribution in [0.1, 0.15) is 24.8 Å². The van der Waals surface area contributed by atoms with E-state index in [1.165, 1.54) is 0 Å². The minimum atomic E-state index is -0.749. The number of carbonyl (C=O) groups is 1. The van der Waals surface area contributed by atoms with Crippen molar-refractivity contribution in [2.24, 2.45) is 0 Å². The lowest BCUT2D eigenvalue weighted by molar-refractivity contribution is -0.140. The van der Waals surface area contributed by atoms with Gasteiger partial charge in [0.1, 0.15) is 11.9 Å². The third kappa shape index (κ3) is 1.86. The average Bonchev–Trinajstić information content (AvgIpc) is 3.03. The number of aliphatic carboxylic acids is 1. The predicted octanol–water partition coefficient (Wildman–Crippen LogP) is 1.97. The molecule has 1 aromatic rings. The molecule has 3 rings (SSSR count). The Kier molecular flexibility index (Phi) is 2.74. The van der Waals surface area contributed by atoms with Gasteiger partial charge in [-0.2, -0.15) is 0 Å². The summed E-state index contributed by atoms with van der Waals surface area (Å²) in [7, 11) is 0. The van der Waals surface area contributed by atoms with Crippen LogP contribution in [0.2, 0.25) is 0 Å². The van der Waals surface area contributed by atoms with Gasteiger partial charge < -0.3 is 14.6 Å². The molecule has 1 saturated heterocycles. The molecule has 4 nitrogen and oxygen atoms in total. The van der Waals surface area contributed by atoms with Crippen molar-refractivity contribution in [2.75, 3.05) is 13.2 Å². The molecule has 0 spiro atoms. The SMILES string of the molecule is O=C(O)C1(c2ccccc2OC2CCOC2)CC1. The van der Waals surface area contributed by atoms with Crippen LogP contribution < -0.4 is 4.74 Å². The van der Waals surface area contributed by atoms with Crippen LogP contribution in [-0.2, 0) is 14.9 Å². The van der Waals surface area contributed by atoms with Crippen LogP contribution in [0.4, 0.5) is 0 Å². The van der Waals surface area contributed by atoms with E-state index in [-0.39, 0.29) is 6.10 Å². The summed E-state index contributed by atoms with van der Waals surface area (Å²) in [5.41, 5.74) is 0.0974. The van der Waals surface area contributed by atoms with Gasteiger partial charge in [-0.1, -0.05) is 18.2 Å². The fourth-order valence-corrected chi connectivity index (χ4v) is 2.47. The van der Waals surface area contributed by atoms with E-state index in [4.69, 9.17) is 9.47 Å². The van der Waals surface area contributed by atoms with E-state index < -0.39 is 11.4 Å². The zero-order valence-electron chi connectivity index (χ0n) is 10.1. The molecule has 0 bridgehead atoms. The fraction of sp³-hybridized carbons (Fsp3) is 0.500. The van der Waals surface area contributed by atoms with Gasteiger partial charge in [-0.05, 0) is 18.9 Å². The summed E-state index contributed by atoms with van der Waals surface area (Å²) in [6, 6.07) is 7.48. The minimum Gasteiger partial charge on any atom is -0.488 e. The number of benzene rings is 1. The standard InChI is InChI=1S/C14H16O4/c15-13(16)14(6-7-14)11-3-1-2-4-12(11)18-10-5-8-17-9-10/h1-4,10H,5-9H2,(H,15,16). The monoisotopic (exact) mass is 248 g/mol. The van der Waals surface area contributed by atoms with Gasteiger partial charge in [-0.25, -0.2) is 0 Å². The molecular weight excluding hydrogens is 232 g/mol. The number of para-hydroxylation sites is 1. The average molecular weight is 248 g/mol. The molecule has 0 amide bonds. The Balaban J connectivity index is 1.88. The third-order valence-corrected chi connectivity index (χ3v) is 3.74. The van der Waals surface area contributed by atoms with Crippen LogP contribution >= 0.6 is 0 Å². The van der Waals surface area contributed by atoms with Gasteiger partial charge >= 0.3 is 5.97 Å². The molecule has 1 unspecified atom stereocenters. The Morgan fingerprint density at radius 2 is 2.17 bits per heavy atom. The van der Waals surface area contributed by atoms with Gasteiger partial charge in [0, 0.05) is 12.0 Å². The van der Waals surface area contributed by atoms with E-state index in [0.29, 0.717) is 25.2 Å². The first-order valence-electron chi connectivity index (χ1n) is 6.30. The van der Waals surface area contributed by atoms with E-state index in [1.807, 2.05) is 24.3 Å². The largest absolute Gasteiger partial charge is 0.488 e. The summed E-state index contributed by atoms with van der Waals surface area (Å²) < 4.78 is 11.2. The third-order valence-electron chi connectivity index (χ3n) is 3.74. The Labute approximate surface area is 106 Å². The second-order valence-electron chi connectivity index (χ2n) is 4.99. The van der Waals surface area contributed by atoms with Crippen molar-refractivity contribution in [2.45, 2.75) is 30.8 Å². The molecule has 96 valence electrons. The number of carboxylic acids is 1. The predicted molar refractivity (Wildman–Crippen MR) is 64.8 cm³/mol. The molecule has 0 radical (unpaired) electrons. The van der Waals surface area contributed by atoms with E-state index in [2.05, 4.69) is 0 Å². The molecule has 2 fully saturated rings. The Morgan fingerprint density at radius 1 is 1.39 bits per heavy atom. The Morgan fingerprint density at radius 3 is 2.78 bits per heavy atom. The quantitative estimate of drug-likeness (QED) is 0.885. The molecule has 4 heteroatoms. The summed E-state index contributed by atoms with van der Waals surface area (Å²) in [6.45, 7) is 1.31. The highest BCUT2D eigenvalue weighted by atomic mass is 16.5. The van der Waals surface area contributed by atoms with Crippen LogP contribution in [0.5, 0.6) is 5.75 Å². The second kappa shape index (κ2) is 4.28. The van der Waals surface area contributed by atoms with E-state index in [9.17, 15) is 9.90 Å². The molecule has 1 aliphatic heterocycles. The molecule has 1 aliphatic carbocycles. The molecular formula is C14H16O4. The minimum absolute atomic E-state index is 0.0516. The van der Waals surface area contributed by atoms with Gasteiger partial charge in [-0.15, -0.1) is 0 Å². The van der Waals surface area contributed by atoms with Crippen LogP contribution in [0.25, 0.3) is 0 Å². The highest BCUT2D eigenvalue weighted by Gasteiger charge is 2.53. The normalized spacial score (nSPS) is 24.8. The zero-order chi connectivity index (χ0) is 12.6. The topological polar surface area (TPSA) is 55.8 Å². The van der Waals surface area contributed by atoms with Crippen LogP contribution in [-0.4, -0.2) is 30.4 Å². The molecule has 1 N–H and O–H groups in total. The van der Waals surface area contributed by atoms with Crippen molar-refractivity contribution < 1.29 is 19.4 Å². The van der Waals surface area contributed by atoms with Crippen LogP contribution in [0.15, 0.2) is 24.3 Å². The van der Waals surface area contributed by atoms with Crippen molar-refractivity contribution in [3.63, 3.8) is 0 Å². The summed E-state index contributed by atoms with van der Waals surface area (Å²) in [4.78, 5) is 11.4. The molecule has 1 aromatic carbocycles. The lowest BCUT2D eigenvalue weighted by Gasteiger charge is -2.19. The van der Waals surface area contributed by atoms with Gasteiger partial charge in [0.25, 0.3) is 0 Å². The number of ether oxygens (including phenoxy) is 2. The van der Waals surface area contributed by atoms with E-state index >= 15 is 0 Å². The van der Waals surface area contributed by atoms with Crippen molar-refractivity contribution in [1.82, 2.24) is 0 Å². The molecule has 0 aromatic heterocycles. The van der Waals surface area contributed by atoms with Gasteiger partial charge in [-0.3, -0.25) is 4.79 Å². The summed E-state index contributed by atoms with van der Waals surface area (Å²) in [5, 5.41) is 9.36. The van der Waals surface area contributed by atoms with Crippen molar-refractivity contribution >= 4 is 5.97 Å². The van der Waals surface area contributed by atoms with Gasteiger partial charge in [0.15, 0.2) is 0 Å². The molecule has 1 heterocycles. The molecule has 1 atom stereocenters. The highest BCUT2D eigenvalue weighted by molar-refractivity contribution is 5.86. The van der Waals surface area contributed by atoms with Crippen molar-refractivity contribution in [1.29, 1.82) is 0 Å². The van der Waals surface area contributed by atoms with Crippen molar-refractivity contribution in [3.05, 3.63) is 29.8 Å². The molecule has 2 aliphatic rings. The zero-order valence-corrected chi connectivity index (χ0v) is 10.1. The first-order chi connectivity index (χ1) is 8.72. The lowest BCUT2D eigenvalue weighted by Crippen LogP contribution is -2.23. The van der Waals surface area contributed by atoms with E-state index in [0.717, 1.165) is 18.6 Å². The number of rotatable bonds is 4. The summed E-state index contributed by atoms with van der Waals surface area (Å²) in [6.07, 6.45) is 2.32. The fourth-order valence-electron chi connectivity index (χ4n) is 2.47. The van der Waals surface area contributed by atoms with Crippen LogP contribution in [0.3, 0.4) is 0 Å². The maximum absolute atomic E-state index is 11.4. The maximum Gasteiger partial charge on any atom is 0.314 e. The van der Waals surface area contributed by atoms with Crippen LogP contribution in [0, 0.1) is 0 Å². The maximum atomic E-state index is 11.4. The Hall–Kier alpha value is -1.55. The first kappa shape index (κ1) is 11.5. The highest BCUT2D eigenvalue weighted by Crippen LogP contribution is 2.51. The van der Waals surface area contributed by atoms with E-state index in [1.54, 1.807) is 0 Å². The summed E-state index contributed by atoms with van der Waals surface area (Å²) in [5.74, 6) is -0.0471. The number of hydrogen-bond donors (Lipinski definition) is 1. The Bertz CT molecular complexity index is 459. The van der Waals surface area contributed by atoms with Gasteiger partial charge in [0.05, 0.1) is 18.6 Å². The lowest BCUT2D eigenvalue weighted by atomic mass is 9.95. The number of hydrogen-bond acceptors (Lipinski definition) is 3.